The molecule has 1 atom stereocenters. The second kappa shape index (κ2) is 7.07. The van der Waals surface area contributed by atoms with E-state index in [1.165, 1.54) is 12.8 Å². The summed E-state index contributed by atoms with van der Waals surface area (Å²) in [4.78, 5) is 12.8. The Morgan fingerprint density at radius 2 is 2.11 bits per heavy atom. The van der Waals surface area contributed by atoms with Crippen LogP contribution in [0.3, 0.4) is 0 Å². The zero-order valence-electron chi connectivity index (χ0n) is 10.8. The molecule has 2 aliphatic heterocycles. The summed E-state index contributed by atoms with van der Waals surface area (Å²) in [6.45, 7) is 3.88. The largest absolute Gasteiger partial charge is 0.480 e. The lowest BCUT2D eigenvalue weighted by Gasteiger charge is -2.32. The lowest BCUT2D eigenvalue weighted by Crippen LogP contribution is -2.38. The molecule has 104 valence electrons. The van der Waals surface area contributed by atoms with E-state index in [4.69, 9.17) is 14.6 Å². The fourth-order valence-electron chi connectivity index (χ4n) is 2.69. The van der Waals surface area contributed by atoms with E-state index in [9.17, 15) is 4.79 Å². The van der Waals surface area contributed by atoms with Crippen LogP contribution in [0.4, 0.5) is 0 Å². The summed E-state index contributed by atoms with van der Waals surface area (Å²) in [5.74, 6) is -0.879. The molecule has 0 saturated carbocycles. The average Bonchev–Trinajstić information content (AvgIpc) is 2.88. The number of carbonyl (C=O) groups is 1. The molecule has 0 aromatic rings. The lowest BCUT2D eigenvalue weighted by atomic mass is 10.1. The van der Waals surface area contributed by atoms with E-state index >= 15 is 0 Å². The number of rotatable bonds is 6. The third-order valence-electron chi connectivity index (χ3n) is 3.77. The summed E-state index contributed by atoms with van der Waals surface area (Å²) in [6.07, 6.45) is 6.01. The molecule has 5 nitrogen and oxygen atoms in total. The van der Waals surface area contributed by atoms with Gasteiger partial charge in [0.1, 0.15) is 6.61 Å². The zero-order valence-corrected chi connectivity index (χ0v) is 10.8. The van der Waals surface area contributed by atoms with Gasteiger partial charge in [-0.1, -0.05) is 0 Å². The van der Waals surface area contributed by atoms with Gasteiger partial charge in [-0.3, -0.25) is 0 Å². The van der Waals surface area contributed by atoms with Crippen molar-refractivity contribution in [2.45, 2.75) is 44.3 Å². The van der Waals surface area contributed by atoms with Crippen LogP contribution >= 0.6 is 0 Å². The first-order valence-electron chi connectivity index (χ1n) is 6.91. The fourth-order valence-corrected chi connectivity index (χ4v) is 2.69. The van der Waals surface area contributed by atoms with Crippen LogP contribution in [-0.4, -0.2) is 61.0 Å². The third kappa shape index (κ3) is 4.55. The highest BCUT2D eigenvalue weighted by atomic mass is 16.5. The van der Waals surface area contributed by atoms with Crippen molar-refractivity contribution in [3.63, 3.8) is 0 Å². The van der Waals surface area contributed by atoms with Crippen molar-refractivity contribution in [2.75, 3.05) is 32.8 Å². The Labute approximate surface area is 108 Å². The van der Waals surface area contributed by atoms with E-state index in [1.54, 1.807) is 0 Å². The molecule has 0 aromatic carbocycles. The summed E-state index contributed by atoms with van der Waals surface area (Å²) in [7, 11) is 0. The van der Waals surface area contributed by atoms with Gasteiger partial charge in [-0.25, -0.2) is 4.79 Å². The molecule has 2 heterocycles. The number of ether oxygens (including phenoxy) is 2. The molecule has 18 heavy (non-hydrogen) atoms. The van der Waals surface area contributed by atoms with Gasteiger partial charge in [-0.05, 0) is 32.1 Å². The Kier molecular flexibility index (Phi) is 5.41. The highest BCUT2D eigenvalue weighted by Gasteiger charge is 2.22. The van der Waals surface area contributed by atoms with Gasteiger partial charge in [0.2, 0.25) is 0 Å². The quantitative estimate of drug-likeness (QED) is 0.772. The SMILES string of the molecule is O=C(O)COC1CCN(CCC2CCCO2)CC1. The van der Waals surface area contributed by atoms with E-state index in [-0.39, 0.29) is 12.7 Å². The van der Waals surface area contributed by atoms with Crippen LogP contribution in [0.2, 0.25) is 0 Å². The molecular weight excluding hydrogens is 234 g/mol. The van der Waals surface area contributed by atoms with E-state index < -0.39 is 5.97 Å². The Balaban J connectivity index is 1.56. The molecule has 0 aliphatic carbocycles. The number of nitrogens with zero attached hydrogens (tertiary/aromatic N) is 1. The monoisotopic (exact) mass is 257 g/mol. The first kappa shape index (κ1) is 13.8. The summed E-state index contributed by atoms with van der Waals surface area (Å²) in [6, 6.07) is 0. The number of carboxylic acids is 1. The van der Waals surface area contributed by atoms with Crippen LogP contribution < -0.4 is 0 Å². The predicted octanol–water partition coefficient (Wildman–Crippen LogP) is 1.12. The Bertz CT molecular complexity index is 258. The van der Waals surface area contributed by atoms with Crippen molar-refractivity contribution < 1.29 is 19.4 Å². The van der Waals surface area contributed by atoms with Crippen LogP contribution in [0.15, 0.2) is 0 Å². The van der Waals surface area contributed by atoms with Crippen molar-refractivity contribution in [3.8, 4) is 0 Å². The molecule has 1 unspecified atom stereocenters. The van der Waals surface area contributed by atoms with Crippen molar-refractivity contribution in [2.24, 2.45) is 0 Å². The van der Waals surface area contributed by atoms with E-state index in [2.05, 4.69) is 4.90 Å². The maximum atomic E-state index is 10.4. The summed E-state index contributed by atoms with van der Waals surface area (Å²) >= 11 is 0. The molecule has 5 heteroatoms. The summed E-state index contributed by atoms with van der Waals surface area (Å²) in [5.41, 5.74) is 0. The van der Waals surface area contributed by atoms with E-state index in [1.807, 2.05) is 0 Å². The first-order valence-corrected chi connectivity index (χ1v) is 6.91. The van der Waals surface area contributed by atoms with Crippen LogP contribution in [0.5, 0.6) is 0 Å². The number of hydrogen-bond acceptors (Lipinski definition) is 4. The fraction of sp³-hybridized carbons (Fsp3) is 0.923. The molecule has 0 radical (unpaired) electrons. The van der Waals surface area contributed by atoms with Gasteiger partial charge in [-0.15, -0.1) is 0 Å². The minimum Gasteiger partial charge on any atom is -0.480 e. The maximum absolute atomic E-state index is 10.4. The molecule has 0 spiro atoms. The molecule has 2 saturated heterocycles. The van der Waals surface area contributed by atoms with Crippen molar-refractivity contribution in [1.29, 1.82) is 0 Å². The zero-order chi connectivity index (χ0) is 12.8. The summed E-state index contributed by atoms with van der Waals surface area (Å²) < 4.78 is 10.9. The predicted molar refractivity (Wildman–Crippen MR) is 66.6 cm³/mol. The number of piperidine rings is 1. The second-order valence-electron chi connectivity index (χ2n) is 5.17. The smallest absolute Gasteiger partial charge is 0.329 e. The summed E-state index contributed by atoms with van der Waals surface area (Å²) in [5, 5.41) is 8.55. The van der Waals surface area contributed by atoms with Crippen LogP contribution in [0, 0.1) is 0 Å². The van der Waals surface area contributed by atoms with Gasteiger partial charge in [0.25, 0.3) is 0 Å². The van der Waals surface area contributed by atoms with Crippen molar-refractivity contribution in [1.82, 2.24) is 4.90 Å². The average molecular weight is 257 g/mol. The van der Waals surface area contributed by atoms with Gasteiger partial charge in [-0.2, -0.15) is 0 Å². The van der Waals surface area contributed by atoms with Gasteiger partial charge in [0.15, 0.2) is 0 Å². The molecule has 2 fully saturated rings. The van der Waals surface area contributed by atoms with Crippen molar-refractivity contribution in [3.05, 3.63) is 0 Å². The lowest BCUT2D eigenvalue weighted by molar-refractivity contribution is -0.145. The Hall–Kier alpha value is -0.650. The minimum atomic E-state index is -0.879. The third-order valence-corrected chi connectivity index (χ3v) is 3.77. The van der Waals surface area contributed by atoms with Crippen LogP contribution in [0.1, 0.15) is 32.1 Å². The molecule has 0 amide bonds. The number of likely N-dealkylation sites (tertiary alicyclic amines) is 1. The normalized spacial score (nSPS) is 26.6. The van der Waals surface area contributed by atoms with Gasteiger partial charge < -0.3 is 19.5 Å². The maximum Gasteiger partial charge on any atom is 0.329 e. The highest BCUT2D eigenvalue weighted by molar-refractivity contribution is 5.68. The molecule has 0 aromatic heterocycles. The minimum absolute atomic E-state index is 0.125. The Morgan fingerprint density at radius 1 is 1.33 bits per heavy atom. The topological polar surface area (TPSA) is 59.0 Å². The second-order valence-corrected chi connectivity index (χ2v) is 5.17. The van der Waals surface area contributed by atoms with Crippen molar-refractivity contribution >= 4 is 5.97 Å². The van der Waals surface area contributed by atoms with Crippen LogP contribution in [0.25, 0.3) is 0 Å². The van der Waals surface area contributed by atoms with Crippen LogP contribution in [-0.2, 0) is 14.3 Å². The number of aliphatic carboxylic acids is 1. The Morgan fingerprint density at radius 3 is 2.72 bits per heavy atom. The molecular formula is C13H23NO4. The molecule has 2 aliphatic rings. The van der Waals surface area contributed by atoms with E-state index in [0.717, 1.165) is 45.5 Å². The number of hydrogen-bond donors (Lipinski definition) is 1. The highest BCUT2D eigenvalue weighted by Crippen LogP contribution is 2.18. The standard InChI is InChI=1S/C13H23NO4/c15-13(16)10-18-12-4-7-14(8-5-12)6-3-11-2-1-9-17-11/h11-12H,1-10H2,(H,15,16). The molecule has 2 rings (SSSR count). The number of carboxylic acid groups (broad SMARTS) is 1. The first-order chi connectivity index (χ1) is 8.74. The van der Waals surface area contributed by atoms with Gasteiger partial charge in [0.05, 0.1) is 12.2 Å². The van der Waals surface area contributed by atoms with E-state index in [0.29, 0.717) is 6.10 Å². The van der Waals surface area contributed by atoms with Gasteiger partial charge in [0, 0.05) is 26.2 Å². The molecule has 0 bridgehead atoms. The van der Waals surface area contributed by atoms with Gasteiger partial charge >= 0.3 is 5.97 Å². The molecule has 1 N–H and O–H groups in total.